The molecule has 2 aliphatic heterocycles. The molecule has 6 nitrogen and oxygen atoms in total. The monoisotopic (exact) mass is 387 g/mol. The smallest absolute Gasteiger partial charge is 0.241 e. The molecule has 2 saturated heterocycles. The summed E-state index contributed by atoms with van der Waals surface area (Å²) in [5.41, 5.74) is -0.377. The number of carbonyl (C=O) groups excluding carboxylic acids is 1. The molecule has 0 aromatic heterocycles. The van der Waals surface area contributed by atoms with Crippen LogP contribution in [-0.2, 0) is 14.8 Å². The second kappa shape index (κ2) is 8.57. The molecular weight excluding hydrogens is 350 g/mol. The zero-order valence-corrected chi connectivity index (χ0v) is 17.9. The van der Waals surface area contributed by atoms with Crippen molar-refractivity contribution >= 4 is 15.9 Å². The third-order valence-corrected chi connectivity index (χ3v) is 7.90. The molecule has 152 valence electrons. The van der Waals surface area contributed by atoms with Gasteiger partial charge in [-0.2, -0.15) is 0 Å². The fourth-order valence-corrected chi connectivity index (χ4v) is 5.65. The number of rotatable bonds is 8. The third kappa shape index (κ3) is 4.60. The van der Waals surface area contributed by atoms with Gasteiger partial charge < -0.3 is 4.90 Å². The van der Waals surface area contributed by atoms with Crippen molar-refractivity contribution in [2.45, 2.75) is 78.4 Å². The van der Waals surface area contributed by atoms with Crippen LogP contribution in [0.2, 0.25) is 0 Å². The van der Waals surface area contributed by atoms with E-state index in [2.05, 4.69) is 33.0 Å². The van der Waals surface area contributed by atoms with E-state index in [1.54, 1.807) is 4.31 Å². The van der Waals surface area contributed by atoms with Gasteiger partial charge >= 0.3 is 0 Å². The predicted molar refractivity (Wildman–Crippen MR) is 105 cm³/mol. The average molecular weight is 388 g/mol. The zero-order chi connectivity index (χ0) is 19.5. The average Bonchev–Trinajstić information content (AvgIpc) is 2.80. The lowest BCUT2D eigenvalue weighted by atomic mass is 9.95. The molecule has 2 atom stereocenters. The Morgan fingerprint density at radius 3 is 2.31 bits per heavy atom. The van der Waals surface area contributed by atoms with Crippen LogP contribution >= 0.6 is 0 Å². The molecule has 0 saturated carbocycles. The van der Waals surface area contributed by atoms with Crippen molar-refractivity contribution < 1.29 is 13.2 Å². The van der Waals surface area contributed by atoms with Gasteiger partial charge in [0.25, 0.3) is 0 Å². The molecule has 0 aromatic rings. The van der Waals surface area contributed by atoms with Gasteiger partial charge in [0.15, 0.2) is 0 Å². The van der Waals surface area contributed by atoms with Crippen molar-refractivity contribution in [3.63, 3.8) is 0 Å². The summed E-state index contributed by atoms with van der Waals surface area (Å²) >= 11 is 0. The standard InChI is InChI=1S/C19H37N3O3S/c1-6-12-26(24,25)21-10-8-19(9-11-21)20-17(13-15(3)4)18(23)22(19)14-16(5)7-2/h15-17,20H,6-14H2,1-5H3/t16-,17+/m1/s1. The molecule has 1 N–H and O–H groups in total. The predicted octanol–water partition coefficient (Wildman–Crippen LogP) is 2.41. The lowest BCUT2D eigenvalue weighted by molar-refractivity contribution is -0.134. The maximum absolute atomic E-state index is 13.1. The van der Waals surface area contributed by atoms with E-state index in [0.29, 0.717) is 44.2 Å². The van der Waals surface area contributed by atoms with Gasteiger partial charge in [-0.1, -0.05) is 41.0 Å². The number of nitrogens with zero attached hydrogens (tertiary/aromatic N) is 2. The van der Waals surface area contributed by atoms with Crippen LogP contribution in [0.1, 0.15) is 66.7 Å². The Labute approximate surface area is 159 Å². The molecule has 1 amide bonds. The van der Waals surface area contributed by atoms with Crippen molar-refractivity contribution in [3.05, 3.63) is 0 Å². The van der Waals surface area contributed by atoms with E-state index in [9.17, 15) is 13.2 Å². The Bertz CT molecular complexity index is 583. The topological polar surface area (TPSA) is 69.7 Å². The number of amides is 1. The number of piperidine rings is 1. The molecule has 0 unspecified atom stereocenters. The zero-order valence-electron chi connectivity index (χ0n) is 17.1. The number of sulfonamides is 1. The summed E-state index contributed by atoms with van der Waals surface area (Å²) in [5, 5.41) is 3.63. The SMILES string of the molecule is CCCS(=O)(=O)N1CCC2(CC1)N[C@@H](CC(C)C)C(=O)N2C[C@H](C)CC. The van der Waals surface area contributed by atoms with Crippen LogP contribution in [0.5, 0.6) is 0 Å². The van der Waals surface area contributed by atoms with Crippen LogP contribution in [0.3, 0.4) is 0 Å². The summed E-state index contributed by atoms with van der Waals surface area (Å²) in [5.74, 6) is 1.29. The molecule has 0 aliphatic carbocycles. The summed E-state index contributed by atoms with van der Waals surface area (Å²) in [7, 11) is -3.17. The summed E-state index contributed by atoms with van der Waals surface area (Å²) < 4.78 is 26.4. The van der Waals surface area contributed by atoms with Crippen LogP contribution < -0.4 is 5.32 Å². The van der Waals surface area contributed by atoms with Crippen molar-refractivity contribution in [1.82, 2.24) is 14.5 Å². The van der Waals surface area contributed by atoms with Gasteiger partial charge in [-0.15, -0.1) is 0 Å². The maximum atomic E-state index is 13.1. The number of nitrogens with one attached hydrogen (secondary N) is 1. The van der Waals surface area contributed by atoms with Crippen LogP contribution in [0.25, 0.3) is 0 Å². The Balaban J connectivity index is 2.17. The molecule has 7 heteroatoms. The molecule has 0 bridgehead atoms. The lowest BCUT2D eigenvalue weighted by Crippen LogP contribution is -2.60. The molecule has 2 heterocycles. The van der Waals surface area contributed by atoms with E-state index in [-0.39, 0.29) is 23.4 Å². The maximum Gasteiger partial charge on any atom is 0.241 e. The van der Waals surface area contributed by atoms with Crippen molar-refractivity contribution in [2.75, 3.05) is 25.4 Å². The molecule has 0 aromatic carbocycles. The Morgan fingerprint density at radius 1 is 1.19 bits per heavy atom. The van der Waals surface area contributed by atoms with Crippen LogP contribution in [0.4, 0.5) is 0 Å². The number of hydrogen-bond donors (Lipinski definition) is 1. The van der Waals surface area contributed by atoms with E-state index in [1.165, 1.54) is 0 Å². The van der Waals surface area contributed by atoms with E-state index in [0.717, 1.165) is 19.4 Å². The number of hydrogen-bond acceptors (Lipinski definition) is 4. The molecule has 0 radical (unpaired) electrons. The van der Waals surface area contributed by atoms with E-state index >= 15 is 0 Å². The van der Waals surface area contributed by atoms with Crippen molar-refractivity contribution in [1.29, 1.82) is 0 Å². The summed E-state index contributed by atoms with van der Waals surface area (Å²) in [6.07, 6.45) is 3.85. The minimum Gasteiger partial charge on any atom is -0.323 e. The minimum atomic E-state index is -3.17. The minimum absolute atomic E-state index is 0.141. The highest BCUT2D eigenvalue weighted by Gasteiger charge is 2.52. The first kappa shape index (κ1) is 21.6. The fraction of sp³-hybridized carbons (Fsp3) is 0.947. The van der Waals surface area contributed by atoms with Gasteiger partial charge in [-0.05, 0) is 37.5 Å². The molecule has 1 spiro atoms. The first-order valence-corrected chi connectivity index (χ1v) is 11.8. The summed E-state index contributed by atoms with van der Waals surface area (Å²) in [4.78, 5) is 15.1. The van der Waals surface area contributed by atoms with Crippen LogP contribution in [-0.4, -0.2) is 60.6 Å². The van der Waals surface area contributed by atoms with Gasteiger partial charge in [0.1, 0.15) is 0 Å². The second-order valence-electron chi connectivity index (χ2n) is 8.54. The highest BCUT2D eigenvalue weighted by atomic mass is 32.2. The largest absolute Gasteiger partial charge is 0.323 e. The Morgan fingerprint density at radius 2 is 1.81 bits per heavy atom. The summed E-state index contributed by atoms with van der Waals surface area (Å²) in [6.45, 7) is 12.2. The Hall–Kier alpha value is -0.660. The van der Waals surface area contributed by atoms with Gasteiger partial charge in [0.05, 0.1) is 17.5 Å². The van der Waals surface area contributed by atoms with E-state index in [1.807, 2.05) is 11.8 Å². The van der Waals surface area contributed by atoms with E-state index in [4.69, 9.17) is 0 Å². The quantitative estimate of drug-likeness (QED) is 0.694. The lowest BCUT2D eigenvalue weighted by Gasteiger charge is -2.45. The van der Waals surface area contributed by atoms with Gasteiger partial charge in [-0.3, -0.25) is 10.1 Å². The van der Waals surface area contributed by atoms with Gasteiger partial charge in [0.2, 0.25) is 15.9 Å². The van der Waals surface area contributed by atoms with Gasteiger partial charge in [0, 0.05) is 19.6 Å². The van der Waals surface area contributed by atoms with Crippen LogP contribution in [0.15, 0.2) is 0 Å². The van der Waals surface area contributed by atoms with E-state index < -0.39 is 10.0 Å². The van der Waals surface area contributed by atoms with Gasteiger partial charge in [-0.25, -0.2) is 12.7 Å². The first-order valence-electron chi connectivity index (χ1n) is 10.2. The fourth-order valence-electron chi connectivity index (χ4n) is 4.14. The first-order chi connectivity index (χ1) is 12.1. The number of carbonyl (C=O) groups is 1. The van der Waals surface area contributed by atoms with Crippen molar-refractivity contribution in [3.8, 4) is 0 Å². The highest BCUT2D eigenvalue weighted by molar-refractivity contribution is 7.89. The molecule has 2 aliphatic rings. The molecule has 2 rings (SSSR count). The van der Waals surface area contributed by atoms with Crippen LogP contribution in [0, 0.1) is 11.8 Å². The molecule has 26 heavy (non-hydrogen) atoms. The molecule has 2 fully saturated rings. The second-order valence-corrected chi connectivity index (χ2v) is 10.6. The Kier molecular flexibility index (Phi) is 7.13. The van der Waals surface area contributed by atoms with Crippen molar-refractivity contribution in [2.24, 2.45) is 11.8 Å². The normalized spacial score (nSPS) is 25.4. The summed E-state index contributed by atoms with van der Waals surface area (Å²) in [6, 6.07) is -0.141. The highest BCUT2D eigenvalue weighted by Crippen LogP contribution is 2.35. The molecular formula is C19H37N3O3S. The third-order valence-electron chi connectivity index (χ3n) is 5.83.